The molecule has 0 aliphatic heterocycles. The molecule has 0 fully saturated rings. The van der Waals surface area contributed by atoms with Gasteiger partial charge in [0, 0.05) is 10.7 Å². The number of sulfonamides is 1. The summed E-state index contributed by atoms with van der Waals surface area (Å²) < 4.78 is 30.4. The highest BCUT2D eigenvalue weighted by Gasteiger charge is 2.23. The summed E-state index contributed by atoms with van der Waals surface area (Å²) in [6.07, 6.45) is 1.03. The molecule has 0 radical (unpaired) electrons. The van der Waals surface area contributed by atoms with Gasteiger partial charge in [-0.15, -0.1) is 0 Å². The van der Waals surface area contributed by atoms with Crippen LogP contribution in [0.3, 0.4) is 0 Å². The molecular weight excluding hydrogens is 399 g/mol. The molecule has 0 atom stereocenters. The van der Waals surface area contributed by atoms with Crippen LogP contribution in [0.1, 0.15) is 5.56 Å². The van der Waals surface area contributed by atoms with Crippen LogP contribution in [0.4, 0.5) is 11.4 Å². The Kier molecular flexibility index (Phi) is 6.39. The number of halogens is 2. The Morgan fingerprint density at radius 2 is 1.88 bits per heavy atom. The number of ether oxygens (including phenoxy) is 1. The van der Waals surface area contributed by atoms with E-state index in [-0.39, 0.29) is 0 Å². The smallest absolute Gasteiger partial charge is 0.245 e. The van der Waals surface area contributed by atoms with Crippen molar-refractivity contribution in [1.82, 2.24) is 0 Å². The third-order valence-corrected chi connectivity index (χ3v) is 5.46. The zero-order valence-electron chi connectivity index (χ0n) is 14.4. The second-order valence-corrected chi connectivity index (χ2v) is 8.27. The average Bonchev–Trinajstić information content (AvgIpc) is 2.55. The molecule has 26 heavy (non-hydrogen) atoms. The normalized spacial score (nSPS) is 11.1. The molecule has 9 heteroatoms. The van der Waals surface area contributed by atoms with Crippen LogP contribution in [0.15, 0.2) is 36.4 Å². The molecule has 0 aliphatic rings. The minimum Gasteiger partial charge on any atom is -0.495 e. The second kappa shape index (κ2) is 8.16. The number of nitrogens with one attached hydrogen (secondary N) is 1. The number of rotatable bonds is 6. The summed E-state index contributed by atoms with van der Waals surface area (Å²) in [6, 6.07) is 9.61. The number of methoxy groups -OCH3 is 1. The number of benzene rings is 2. The van der Waals surface area contributed by atoms with Gasteiger partial charge in [-0.25, -0.2) is 8.42 Å². The van der Waals surface area contributed by atoms with Crippen molar-refractivity contribution in [2.24, 2.45) is 0 Å². The third-order valence-electron chi connectivity index (χ3n) is 3.63. The molecule has 2 aromatic rings. The zero-order chi connectivity index (χ0) is 19.5. The van der Waals surface area contributed by atoms with Gasteiger partial charge in [-0.2, -0.15) is 0 Å². The third kappa shape index (κ3) is 4.81. The topological polar surface area (TPSA) is 75.7 Å². The van der Waals surface area contributed by atoms with E-state index >= 15 is 0 Å². The minimum atomic E-state index is -3.70. The van der Waals surface area contributed by atoms with Gasteiger partial charge in [0.1, 0.15) is 12.3 Å². The van der Waals surface area contributed by atoms with Gasteiger partial charge in [0.05, 0.1) is 24.1 Å². The molecule has 2 aromatic carbocycles. The SMILES string of the molecule is COc1ccc(NC(=O)CN(c2cccc(Cl)c2C)S(C)(=O)=O)cc1Cl. The quantitative estimate of drug-likeness (QED) is 0.778. The van der Waals surface area contributed by atoms with Gasteiger partial charge in [0.25, 0.3) is 0 Å². The van der Waals surface area contributed by atoms with Gasteiger partial charge in [-0.1, -0.05) is 29.3 Å². The van der Waals surface area contributed by atoms with Crippen molar-refractivity contribution in [3.63, 3.8) is 0 Å². The van der Waals surface area contributed by atoms with E-state index in [1.165, 1.54) is 13.2 Å². The number of hydrogen-bond acceptors (Lipinski definition) is 4. The van der Waals surface area contributed by atoms with Crippen LogP contribution in [-0.2, 0) is 14.8 Å². The lowest BCUT2D eigenvalue weighted by Crippen LogP contribution is -2.37. The molecule has 0 saturated heterocycles. The lowest BCUT2D eigenvalue weighted by atomic mass is 10.2. The molecule has 2 rings (SSSR count). The first-order valence-electron chi connectivity index (χ1n) is 7.49. The first-order valence-corrected chi connectivity index (χ1v) is 10.1. The van der Waals surface area contributed by atoms with Crippen molar-refractivity contribution in [3.05, 3.63) is 52.0 Å². The maximum atomic E-state index is 12.4. The van der Waals surface area contributed by atoms with Gasteiger partial charge in [-0.3, -0.25) is 9.10 Å². The Bertz CT molecular complexity index is 932. The summed E-state index contributed by atoms with van der Waals surface area (Å²) >= 11 is 12.1. The standard InChI is InChI=1S/C17H18Cl2N2O4S/c1-11-13(18)5-4-6-15(11)21(26(3,23)24)10-17(22)20-12-7-8-16(25-2)14(19)9-12/h4-9H,10H2,1-3H3,(H,20,22). The van der Waals surface area contributed by atoms with Crippen molar-refractivity contribution in [1.29, 1.82) is 0 Å². The molecule has 6 nitrogen and oxygen atoms in total. The van der Waals surface area contributed by atoms with Crippen molar-refractivity contribution < 1.29 is 17.9 Å². The van der Waals surface area contributed by atoms with Crippen molar-refractivity contribution in [2.75, 3.05) is 29.5 Å². The highest BCUT2D eigenvalue weighted by atomic mass is 35.5. The van der Waals surface area contributed by atoms with E-state index in [1.807, 2.05) is 0 Å². The van der Waals surface area contributed by atoms with Gasteiger partial charge in [0.2, 0.25) is 15.9 Å². The predicted molar refractivity (Wildman–Crippen MR) is 105 cm³/mol. The first-order chi connectivity index (χ1) is 12.1. The lowest BCUT2D eigenvalue weighted by molar-refractivity contribution is -0.114. The summed E-state index contributed by atoms with van der Waals surface area (Å²) in [5.41, 5.74) is 1.35. The Morgan fingerprint density at radius 3 is 2.46 bits per heavy atom. The molecule has 1 N–H and O–H groups in total. The fourth-order valence-electron chi connectivity index (χ4n) is 2.32. The molecule has 0 bridgehead atoms. The maximum absolute atomic E-state index is 12.4. The van der Waals surface area contributed by atoms with Crippen LogP contribution < -0.4 is 14.4 Å². The second-order valence-electron chi connectivity index (χ2n) is 5.55. The fraction of sp³-hybridized carbons (Fsp3) is 0.235. The number of carbonyl (C=O) groups is 1. The Hall–Kier alpha value is -1.96. The molecule has 0 aliphatic carbocycles. The summed E-state index contributed by atoms with van der Waals surface area (Å²) in [5.74, 6) is -0.0481. The molecule has 0 aromatic heterocycles. The van der Waals surface area contributed by atoms with Crippen LogP contribution in [0.2, 0.25) is 10.0 Å². The number of nitrogens with zero attached hydrogens (tertiary/aromatic N) is 1. The van der Waals surface area contributed by atoms with Crippen molar-refractivity contribution in [2.45, 2.75) is 6.92 Å². The van der Waals surface area contributed by atoms with Gasteiger partial charge in [-0.05, 0) is 42.8 Å². The Morgan fingerprint density at radius 1 is 1.19 bits per heavy atom. The Labute approximate surface area is 162 Å². The van der Waals surface area contributed by atoms with Gasteiger partial charge >= 0.3 is 0 Å². The molecule has 0 unspecified atom stereocenters. The summed E-state index contributed by atoms with van der Waals surface area (Å²) in [4.78, 5) is 12.4. The van der Waals surface area contributed by atoms with Gasteiger partial charge in [0.15, 0.2) is 0 Å². The van der Waals surface area contributed by atoms with E-state index in [1.54, 1.807) is 37.3 Å². The van der Waals surface area contributed by atoms with E-state index < -0.39 is 22.5 Å². The van der Waals surface area contributed by atoms with Crippen LogP contribution in [0.5, 0.6) is 5.75 Å². The van der Waals surface area contributed by atoms with E-state index in [0.717, 1.165) is 10.6 Å². The summed E-state index contributed by atoms with van der Waals surface area (Å²) in [6.45, 7) is 1.29. The summed E-state index contributed by atoms with van der Waals surface area (Å²) in [7, 11) is -2.21. The molecule has 140 valence electrons. The molecule has 0 heterocycles. The van der Waals surface area contributed by atoms with Crippen LogP contribution in [-0.4, -0.2) is 34.2 Å². The zero-order valence-corrected chi connectivity index (χ0v) is 16.7. The fourth-order valence-corrected chi connectivity index (χ4v) is 3.66. The predicted octanol–water partition coefficient (Wildman–Crippen LogP) is 3.72. The number of hydrogen-bond donors (Lipinski definition) is 1. The van der Waals surface area contributed by atoms with E-state index in [9.17, 15) is 13.2 Å². The van der Waals surface area contributed by atoms with Crippen LogP contribution >= 0.6 is 23.2 Å². The van der Waals surface area contributed by atoms with E-state index in [4.69, 9.17) is 27.9 Å². The van der Waals surface area contributed by atoms with Crippen LogP contribution in [0, 0.1) is 6.92 Å². The van der Waals surface area contributed by atoms with E-state index in [0.29, 0.717) is 32.7 Å². The average molecular weight is 417 g/mol. The number of amides is 1. The number of carbonyl (C=O) groups excluding carboxylic acids is 1. The number of anilines is 2. The maximum Gasteiger partial charge on any atom is 0.245 e. The molecular formula is C17H18Cl2N2O4S. The summed E-state index contributed by atoms with van der Waals surface area (Å²) in [5, 5.41) is 3.37. The largest absolute Gasteiger partial charge is 0.495 e. The van der Waals surface area contributed by atoms with Crippen molar-refractivity contribution in [3.8, 4) is 5.75 Å². The molecule has 0 spiro atoms. The minimum absolute atomic E-state index is 0.330. The monoisotopic (exact) mass is 416 g/mol. The molecule has 0 saturated carbocycles. The first kappa shape index (κ1) is 20.4. The highest BCUT2D eigenvalue weighted by Crippen LogP contribution is 2.29. The Balaban J connectivity index is 2.25. The van der Waals surface area contributed by atoms with Gasteiger partial charge < -0.3 is 10.1 Å². The van der Waals surface area contributed by atoms with Crippen molar-refractivity contribution >= 4 is 50.5 Å². The molecule has 1 amide bonds. The highest BCUT2D eigenvalue weighted by molar-refractivity contribution is 7.92. The van der Waals surface area contributed by atoms with Crippen LogP contribution in [0.25, 0.3) is 0 Å². The lowest BCUT2D eigenvalue weighted by Gasteiger charge is -2.24. The van der Waals surface area contributed by atoms with E-state index in [2.05, 4.69) is 5.32 Å².